The quantitative estimate of drug-likeness (QED) is 0.565. The summed E-state index contributed by atoms with van der Waals surface area (Å²) < 4.78 is 7.40. The first kappa shape index (κ1) is 23.4. The first-order valence-electron chi connectivity index (χ1n) is 11.7. The SMILES string of the molecule is NC(=O)c1c(Cl)c(-c2ccccc2)n2c1CN(C(=O)Nc1ccc(CN3CCOCC3)cc1)CC2. The van der Waals surface area contributed by atoms with Gasteiger partial charge in [0.2, 0.25) is 0 Å². The number of nitrogens with one attached hydrogen (secondary N) is 1. The second-order valence-electron chi connectivity index (χ2n) is 8.80. The highest BCUT2D eigenvalue weighted by Crippen LogP contribution is 2.37. The maximum Gasteiger partial charge on any atom is 0.322 e. The summed E-state index contributed by atoms with van der Waals surface area (Å²) in [7, 11) is 0. The van der Waals surface area contributed by atoms with Crippen LogP contribution in [0.3, 0.4) is 0 Å². The smallest absolute Gasteiger partial charge is 0.322 e. The van der Waals surface area contributed by atoms with E-state index < -0.39 is 5.91 Å². The molecule has 5 rings (SSSR count). The summed E-state index contributed by atoms with van der Waals surface area (Å²) in [6.07, 6.45) is 0. The molecule has 0 bridgehead atoms. The highest BCUT2D eigenvalue weighted by atomic mass is 35.5. The van der Waals surface area contributed by atoms with Gasteiger partial charge in [-0.3, -0.25) is 9.69 Å². The van der Waals surface area contributed by atoms with Crippen LogP contribution in [-0.4, -0.2) is 59.2 Å². The highest BCUT2D eigenvalue weighted by Gasteiger charge is 2.31. The first-order valence-corrected chi connectivity index (χ1v) is 12.1. The summed E-state index contributed by atoms with van der Waals surface area (Å²) in [4.78, 5) is 29.4. The van der Waals surface area contributed by atoms with Gasteiger partial charge in [0.25, 0.3) is 5.91 Å². The zero-order chi connectivity index (χ0) is 24.4. The topological polar surface area (TPSA) is 92.8 Å². The van der Waals surface area contributed by atoms with Crippen LogP contribution in [0.4, 0.5) is 10.5 Å². The Kier molecular flexibility index (Phi) is 6.77. The number of carbonyl (C=O) groups is 2. The molecule has 2 aliphatic rings. The number of nitrogens with zero attached hydrogens (tertiary/aromatic N) is 3. The fraction of sp³-hybridized carbons (Fsp3) is 0.308. The lowest BCUT2D eigenvalue weighted by Crippen LogP contribution is -2.41. The van der Waals surface area contributed by atoms with Crippen molar-refractivity contribution >= 4 is 29.2 Å². The number of morpholine rings is 1. The first-order chi connectivity index (χ1) is 17.0. The van der Waals surface area contributed by atoms with Crippen LogP contribution in [0.15, 0.2) is 54.6 Å². The second kappa shape index (κ2) is 10.1. The second-order valence-corrected chi connectivity index (χ2v) is 9.18. The molecular formula is C26H28ClN5O3. The van der Waals surface area contributed by atoms with Crippen molar-refractivity contribution in [3.8, 4) is 11.3 Å². The lowest BCUT2D eigenvalue weighted by molar-refractivity contribution is 0.0342. The molecule has 0 radical (unpaired) electrons. The van der Waals surface area contributed by atoms with Gasteiger partial charge in [-0.2, -0.15) is 0 Å². The van der Waals surface area contributed by atoms with Gasteiger partial charge in [-0.15, -0.1) is 0 Å². The van der Waals surface area contributed by atoms with Crippen LogP contribution in [0.1, 0.15) is 21.6 Å². The van der Waals surface area contributed by atoms with E-state index in [1.807, 2.05) is 59.2 Å². The van der Waals surface area contributed by atoms with E-state index in [1.54, 1.807) is 4.90 Å². The Balaban J connectivity index is 1.30. The average molecular weight is 494 g/mol. The van der Waals surface area contributed by atoms with E-state index in [0.717, 1.165) is 49.8 Å². The van der Waals surface area contributed by atoms with Crippen molar-refractivity contribution in [1.29, 1.82) is 0 Å². The standard InChI is InChI=1S/C26H28ClN5O3/c27-23-22(25(28)33)21-17-31(10-11-32(21)24(23)19-4-2-1-3-5-19)26(34)29-20-8-6-18(7-9-20)16-30-12-14-35-15-13-30/h1-9H,10-17H2,(H2,28,33)(H,29,34). The molecule has 0 unspecified atom stereocenters. The Hall–Kier alpha value is -3.33. The summed E-state index contributed by atoms with van der Waals surface area (Å²) in [6.45, 7) is 5.49. The van der Waals surface area contributed by atoms with Crippen molar-refractivity contribution in [2.75, 3.05) is 38.2 Å². The molecule has 0 saturated carbocycles. The number of hydrogen-bond donors (Lipinski definition) is 2. The van der Waals surface area contributed by atoms with Gasteiger partial charge in [-0.05, 0) is 23.3 Å². The minimum atomic E-state index is -0.598. The van der Waals surface area contributed by atoms with E-state index in [0.29, 0.717) is 23.8 Å². The molecule has 0 aliphatic carbocycles. The number of anilines is 1. The van der Waals surface area contributed by atoms with Crippen molar-refractivity contribution < 1.29 is 14.3 Å². The summed E-state index contributed by atoms with van der Waals surface area (Å²) in [5.74, 6) is -0.598. The molecule has 2 aliphatic heterocycles. The number of fused-ring (bicyclic) bond motifs is 1. The zero-order valence-electron chi connectivity index (χ0n) is 19.4. The number of halogens is 1. The molecule has 1 aromatic heterocycles. The summed E-state index contributed by atoms with van der Waals surface area (Å²) >= 11 is 6.64. The van der Waals surface area contributed by atoms with Gasteiger partial charge < -0.3 is 25.3 Å². The number of urea groups is 1. The zero-order valence-corrected chi connectivity index (χ0v) is 20.1. The third-order valence-corrected chi connectivity index (χ3v) is 6.91. The normalized spacial score (nSPS) is 16.1. The summed E-state index contributed by atoms with van der Waals surface area (Å²) in [5.41, 5.74) is 10.2. The highest BCUT2D eigenvalue weighted by molar-refractivity contribution is 6.36. The Bertz CT molecular complexity index is 1220. The van der Waals surface area contributed by atoms with Gasteiger partial charge in [0, 0.05) is 38.4 Å². The van der Waals surface area contributed by atoms with E-state index in [9.17, 15) is 9.59 Å². The average Bonchev–Trinajstić information content (AvgIpc) is 3.17. The van der Waals surface area contributed by atoms with Gasteiger partial charge in [-0.1, -0.05) is 54.1 Å². The van der Waals surface area contributed by atoms with Crippen LogP contribution >= 0.6 is 11.6 Å². The van der Waals surface area contributed by atoms with Crippen molar-refractivity contribution in [2.45, 2.75) is 19.6 Å². The number of primary amides is 1. The van der Waals surface area contributed by atoms with Gasteiger partial charge in [0.05, 0.1) is 41.7 Å². The number of nitrogens with two attached hydrogens (primary N) is 1. The Morgan fingerprint density at radius 2 is 1.69 bits per heavy atom. The van der Waals surface area contributed by atoms with Crippen LogP contribution in [0.5, 0.6) is 0 Å². The van der Waals surface area contributed by atoms with Crippen LogP contribution in [0.25, 0.3) is 11.3 Å². The lowest BCUT2D eigenvalue weighted by Gasteiger charge is -2.30. The molecule has 3 heterocycles. The number of benzene rings is 2. The lowest BCUT2D eigenvalue weighted by atomic mass is 10.1. The third kappa shape index (κ3) is 4.91. The number of ether oxygens (including phenoxy) is 1. The predicted octanol–water partition coefficient (Wildman–Crippen LogP) is 3.79. The van der Waals surface area contributed by atoms with E-state index in [4.69, 9.17) is 22.1 Å². The Labute approximate surface area is 209 Å². The van der Waals surface area contributed by atoms with Crippen molar-refractivity contribution in [3.05, 3.63) is 76.4 Å². The van der Waals surface area contributed by atoms with Crippen molar-refractivity contribution in [3.63, 3.8) is 0 Å². The number of rotatable bonds is 5. The number of amides is 3. The molecule has 182 valence electrons. The molecule has 1 fully saturated rings. The predicted molar refractivity (Wildman–Crippen MR) is 135 cm³/mol. The fourth-order valence-corrected chi connectivity index (χ4v) is 5.15. The van der Waals surface area contributed by atoms with Crippen LogP contribution < -0.4 is 11.1 Å². The maximum absolute atomic E-state index is 13.1. The molecule has 8 nitrogen and oxygen atoms in total. The fourth-order valence-electron chi connectivity index (χ4n) is 4.74. The molecule has 3 N–H and O–H groups in total. The molecule has 9 heteroatoms. The number of hydrogen-bond acceptors (Lipinski definition) is 4. The Morgan fingerprint density at radius 3 is 2.37 bits per heavy atom. The monoisotopic (exact) mass is 493 g/mol. The minimum absolute atomic E-state index is 0.230. The molecular weight excluding hydrogens is 466 g/mol. The van der Waals surface area contributed by atoms with Crippen molar-refractivity contribution in [1.82, 2.24) is 14.4 Å². The van der Waals surface area contributed by atoms with Crippen LogP contribution in [0.2, 0.25) is 5.02 Å². The molecule has 1 saturated heterocycles. The molecule has 3 amide bonds. The molecule has 35 heavy (non-hydrogen) atoms. The third-order valence-electron chi connectivity index (χ3n) is 6.54. The number of aromatic nitrogens is 1. The summed E-state index contributed by atoms with van der Waals surface area (Å²) in [5, 5.41) is 3.30. The molecule has 0 atom stereocenters. The van der Waals surface area contributed by atoms with Gasteiger partial charge >= 0.3 is 6.03 Å². The van der Waals surface area contributed by atoms with E-state index in [2.05, 4.69) is 10.2 Å². The van der Waals surface area contributed by atoms with Gasteiger partial charge in [0.15, 0.2) is 0 Å². The van der Waals surface area contributed by atoms with E-state index in [1.165, 1.54) is 5.56 Å². The van der Waals surface area contributed by atoms with E-state index in [-0.39, 0.29) is 18.1 Å². The summed E-state index contributed by atoms with van der Waals surface area (Å²) in [6, 6.07) is 17.3. The van der Waals surface area contributed by atoms with Crippen LogP contribution in [0, 0.1) is 0 Å². The van der Waals surface area contributed by atoms with Crippen molar-refractivity contribution in [2.24, 2.45) is 5.73 Å². The Morgan fingerprint density at radius 1 is 0.971 bits per heavy atom. The number of carbonyl (C=O) groups excluding carboxylic acids is 2. The molecule has 0 spiro atoms. The minimum Gasteiger partial charge on any atom is -0.379 e. The molecule has 3 aromatic rings. The largest absolute Gasteiger partial charge is 0.379 e. The molecule has 2 aromatic carbocycles. The van der Waals surface area contributed by atoms with Crippen LogP contribution in [-0.2, 0) is 24.4 Å². The van der Waals surface area contributed by atoms with Gasteiger partial charge in [0.1, 0.15) is 0 Å². The van der Waals surface area contributed by atoms with E-state index >= 15 is 0 Å². The van der Waals surface area contributed by atoms with Gasteiger partial charge in [-0.25, -0.2) is 4.79 Å². The maximum atomic E-state index is 13.1.